The van der Waals surface area contributed by atoms with E-state index in [1.807, 2.05) is 12.4 Å². The molecule has 2 aromatic heterocycles. The Morgan fingerprint density at radius 3 is 2.95 bits per heavy atom. The van der Waals surface area contributed by atoms with Gasteiger partial charge in [0.25, 0.3) is 0 Å². The summed E-state index contributed by atoms with van der Waals surface area (Å²) in [5.41, 5.74) is 3.90. The number of rotatable bonds is 6. The molecule has 0 amide bonds. The maximum Gasteiger partial charge on any atom is 0.0480 e. The Bertz CT molecular complexity index is 715. The maximum atomic E-state index is 4.18. The molecule has 0 aliphatic rings. The van der Waals surface area contributed by atoms with Crippen molar-refractivity contribution in [2.24, 2.45) is 0 Å². The Kier molecular flexibility index (Phi) is 4.31. The molecule has 0 radical (unpaired) electrons. The largest absolute Gasteiger partial charge is 0.347 e. The lowest BCUT2D eigenvalue weighted by Gasteiger charge is -2.08. The van der Waals surface area contributed by atoms with Gasteiger partial charge in [-0.3, -0.25) is 4.98 Å². The number of hydrogen-bond donors (Lipinski definition) is 1. The van der Waals surface area contributed by atoms with Gasteiger partial charge in [0, 0.05) is 37.2 Å². The summed E-state index contributed by atoms with van der Waals surface area (Å²) in [7, 11) is 0. The van der Waals surface area contributed by atoms with E-state index < -0.39 is 0 Å². The number of fused-ring (bicyclic) bond motifs is 1. The normalized spacial score (nSPS) is 11.1. The summed E-state index contributed by atoms with van der Waals surface area (Å²) >= 11 is 0. The highest BCUT2D eigenvalue weighted by Crippen LogP contribution is 2.15. The number of aromatic nitrogens is 2. The summed E-state index contributed by atoms with van der Waals surface area (Å²) in [5, 5.41) is 4.82. The van der Waals surface area contributed by atoms with Crippen molar-refractivity contribution >= 4 is 10.9 Å². The molecule has 2 heterocycles. The molecule has 0 aliphatic carbocycles. The first-order chi connectivity index (χ1) is 10.3. The zero-order valence-electron chi connectivity index (χ0n) is 12.4. The molecule has 108 valence electrons. The van der Waals surface area contributed by atoms with Gasteiger partial charge in [-0.25, -0.2) is 0 Å². The van der Waals surface area contributed by atoms with E-state index in [-0.39, 0.29) is 0 Å². The van der Waals surface area contributed by atoms with E-state index in [0.29, 0.717) is 0 Å². The minimum atomic E-state index is 0.895. The molecule has 0 aliphatic heterocycles. The summed E-state index contributed by atoms with van der Waals surface area (Å²) < 4.78 is 2.33. The molecule has 0 spiro atoms. The highest BCUT2D eigenvalue weighted by Gasteiger charge is 2.00. The molecule has 3 aromatic rings. The van der Waals surface area contributed by atoms with Gasteiger partial charge >= 0.3 is 0 Å². The van der Waals surface area contributed by atoms with E-state index in [1.165, 1.54) is 22.0 Å². The standard InChI is InChI=1S/C18H21N3/c1-15-7-10-20-14-17(15)13-19-9-4-11-21-12-8-16-5-2-3-6-18(16)21/h2-3,5-8,10,12,14,19H,4,9,11,13H2,1H3. The topological polar surface area (TPSA) is 29.9 Å². The maximum absolute atomic E-state index is 4.18. The third-order valence-corrected chi connectivity index (χ3v) is 3.90. The van der Waals surface area contributed by atoms with Gasteiger partial charge in [-0.1, -0.05) is 18.2 Å². The Hall–Kier alpha value is -2.13. The second-order valence-corrected chi connectivity index (χ2v) is 5.40. The summed E-state index contributed by atoms with van der Waals surface area (Å²) in [6.45, 7) is 5.09. The SMILES string of the molecule is Cc1ccncc1CNCCCn1ccc2ccccc21. The van der Waals surface area contributed by atoms with Crippen LogP contribution in [-0.2, 0) is 13.1 Å². The highest BCUT2D eigenvalue weighted by atomic mass is 15.0. The lowest BCUT2D eigenvalue weighted by molar-refractivity contribution is 0.589. The van der Waals surface area contributed by atoms with Crippen LogP contribution in [-0.4, -0.2) is 16.1 Å². The van der Waals surface area contributed by atoms with E-state index in [2.05, 4.69) is 64.4 Å². The number of benzene rings is 1. The molecule has 0 saturated heterocycles. The first-order valence-corrected chi connectivity index (χ1v) is 7.49. The minimum absolute atomic E-state index is 0.895. The molecule has 0 atom stereocenters. The number of pyridine rings is 1. The van der Waals surface area contributed by atoms with Gasteiger partial charge in [0.1, 0.15) is 0 Å². The van der Waals surface area contributed by atoms with Crippen LogP contribution in [0.2, 0.25) is 0 Å². The fraction of sp³-hybridized carbons (Fsp3) is 0.278. The minimum Gasteiger partial charge on any atom is -0.347 e. The molecule has 0 bridgehead atoms. The predicted octanol–water partition coefficient (Wildman–Crippen LogP) is 3.52. The summed E-state index contributed by atoms with van der Waals surface area (Å²) in [4.78, 5) is 4.18. The zero-order chi connectivity index (χ0) is 14.5. The number of hydrogen-bond acceptors (Lipinski definition) is 2. The van der Waals surface area contributed by atoms with Gasteiger partial charge < -0.3 is 9.88 Å². The van der Waals surface area contributed by atoms with Gasteiger partial charge in [0.15, 0.2) is 0 Å². The second kappa shape index (κ2) is 6.55. The van der Waals surface area contributed by atoms with Crippen molar-refractivity contribution in [2.45, 2.75) is 26.4 Å². The van der Waals surface area contributed by atoms with E-state index in [0.717, 1.165) is 26.1 Å². The fourth-order valence-electron chi connectivity index (χ4n) is 2.61. The van der Waals surface area contributed by atoms with Crippen LogP contribution in [0, 0.1) is 6.92 Å². The number of nitrogens with one attached hydrogen (secondary N) is 1. The van der Waals surface area contributed by atoms with Crippen molar-refractivity contribution < 1.29 is 0 Å². The molecule has 21 heavy (non-hydrogen) atoms. The van der Waals surface area contributed by atoms with E-state index in [9.17, 15) is 0 Å². The quantitative estimate of drug-likeness (QED) is 0.700. The average Bonchev–Trinajstić information content (AvgIpc) is 2.92. The van der Waals surface area contributed by atoms with Gasteiger partial charge in [0.2, 0.25) is 0 Å². The van der Waals surface area contributed by atoms with Crippen LogP contribution in [0.1, 0.15) is 17.5 Å². The molecule has 0 saturated carbocycles. The molecule has 3 nitrogen and oxygen atoms in total. The van der Waals surface area contributed by atoms with Crippen LogP contribution in [0.4, 0.5) is 0 Å². The van der Waals surface area contributed by atoms with Crippen LogP contribution in [0.3, 0.4) is 0 Å². The molecule has 1 N–H and O–H groups in total. The van der Waals surface area contributed by atoms with Crippen LogP contribution < -0.4 is 5.32 Å². The van der Waals surface area contributed by atoms with Crippen LogP contribution >= 0.6 is 0 Å². The van der Waals surface area contributed by atoms with Crippen molar-refractivity contribution in [3.63, 3.8) is 0 Å². The first kappa shape index (κ1) is 13.8. The average molecular weight is 279 g/mol. The summed E-state index contributed by atoms with van der Waals surface area (Å²) in [6, 6.07) is 12.8. The van der Waals surface area contributed by atoms with Crippen LogP contribution in [0.25, 0.3) is 10.9 Å². The van der Waals surface area contributed by atoms with Crippen molar-refractivity contribution in [1.82, 2.24) is 14.9 Å². The van der Waals surface area contributed by atoms with Crippen LogP contribution in [0.15, 0.2) is 55.0 Å². The predicted molar refractivity (Wildman–Crippen MR) is 87.2 cm³/mol. The Morgan fingerprint density at radius 2 is 2.05 bits per heavy atom. The van der Waals surface area contributed by atoms with Crippen LogP contribution in [0.5, 0.6) is 0 Å². The first-order valence-electron chi connectivity index (χ1n) is 7.49. The molecule has 1 aromatic carbocycles. The number of nitrogens with zero attached hydrogens (tertiary/aromatic N) is 2. The summed E-state index contributed by atoms with van der Waals surface area (Å²) in [5.74, 6) is 0. The second-order valence-electron chi connectivity index (χ2n) is 5.40. The van der Waals surface area contributed by atoms with Gasteiger partial charge in [-0.15, -0.1) is 0 Å². The van der Waals surface area contributed by atoms with Crippen molar-refractivity contribution in [1.29, 1.82) is 0 Å². The van der Waals surface area contributed by atoms with E-state index >= 15 is 0 Å². The third kappa shape index (κ3) is 3.31. The fourth-order valence-corrected chi connectivity index (χ4v) is 2.61. The molecule has 3 rings (SSSR count). The lowest BCUT2D eigenvalue weighted by Crippen LogP contribution is -2.17. The zero-order valence-corrected chi connectivity index (χ0v) is 12.4. The third-order valence-electron chi connectivity index (χ3n) is 3.90. The van der Waals surface area contributed by atoms with Gasteiger partial charge in [-0.05, 0) is 54.6 Å². The van der Waals surface area contributed by atoms with E-state index in [4.69, 9.17) is 0 Å². The monoisotopic (exact) mass is 279 g/mol. The Labute approximate surface area is 125 Å². The smallest absolute Gasteiger partial charge is 0.0480 e. The number of aryl methyl sites for hydroxylation is 2. The molecular formula is C18H21N3. The molecule has 0 fully saturated rings. The van der Waals surface area contributed by atoms with Crippen molar-refractivity contribution in [2.75, 3.05) is 6.54 Å². The lowest BCUT2D eigenvalue weighted by atomic mass is 10.1. The molecular weight excluding hydrogens is 258 g/mol. The van der Waals surface area contributed by atoms with E-state index in [1.54, 1.807) is 0 Å². The molecule has 3 heteroatoms. The molecule has 0 unspecified atom stereocenters. The van der Waals surface area contributed by atoms with Gasteiger partial charge in [-0.2, -0.15) is 0 Å². The highest BCUT2D eigenvalue weighted by molar-refractivity contribution is 5.79. The van der Waals surface area contributed by atoms with Crippen molar-refractivity contribution in [3.8, 4) is 0 Å². The Morgan fingerprint density at radius 1 is 1.14 bits per heavy atom. The Balaban J connectivity index is 1.47. The van der Waals surface area contributed by atoms with Gasteiger partial charge in [0.05, 0.1) is 0 Å². The van der Waals surface area contributed by atoms with Crippen molar-refractivity contribution in [3.05, 3.63) is 66.1 Å². The number of para-hydroxylation sites is 1. The summed E-state index contributed by atoms with van der Waals surface area (Å²) in [6.07, 6.45) is 7.09.